The predicted octanol–water partition coefficient (Wildman–Crippen LogP) is 1.92. The molecule has 1 fully saturated rings. The molecule has 0 aromatic carbocycles. The maximum atomic E-state index is 11.1. The number of carboxylic acid groups (broad SMARTS) is 1. The predicted molar refractivity (Wildman–Crippen MR) is 64.4 cm³/mol. The topological polar surface area (TPSA) is 40.5 Å². The van der Waals surface area contributed by atoms with Gasteiger partial charge in [-0.05, 0) is 43.4 Å². The maximum absolute atomic E-state index is 11.1. The number of aliphatic carboxylic acids is 1. The molecule has 0 spiro atoms. The molecule has 0 amide bonds. The van der Waals surface area contributed by atoms with E-state index in [1.165, 1.54) is 0 Å². The fraction of sp³-hybridized carbons (Fsp3) is 0.909. The van der Waals surface area contributed by atoms with Gasteiger partial charge in [0.15, 0.2) is 0 Å². The van der Waals surface area contributed by atoms with Gasteiger partial charge in [-0.1, -0.05) is 13.8 Å². The Morgan fingerprint density at radius 2 is 2.33 bits per heavy atom. The molecular formula is C11H21NO2S. The second kappa shape index (κ2) is 6.38. The monoisotopic (exact) mass is 231 g/mol. The summed E-state index contributed by atoms with van der Waals surface area (Å²) >= 11 is 1.93. The third-order valence-corrected chi connectivity index (χ3v) is 3.98. The molecule has 3 nitrogen and oxygen atoms in total. The van der Waals surface area contributed by atoms with E-state index in [9.17, 15) is 4.79 Å². The molecule has 88 valence electrons. The number of likely N-dealkylation sites (tertiary alicyclic amines) is 1. The summed E-state index contributed by atoms with van der Waals surface area (Å²) in [6.45, 7) is 6.09. The van der Waals surface area contributed by atoms with Gasteiger partial charge >= 0.3 is 5.97 Å². The minimum absolute atomic E-state index is 0.239. The number of carboxylic acids is 1. The first-order valence-corrected chi connectivity index (χ1v) is 6.87. The van der Waals surface area contributed by atoms with Gasteiger partial charge in [0.2, 0.25) is 0 Å². The Bertz CT molecular complexity index is 211. The summed E-state index contributed by atoms with van der Waals surface area (Å²) in [6, 6.07) is -0.239. The second-order valence-corrected chi connectivity index (χ2v) is 5.53. The van der Waals surface area contributed by atoms with E-state index in [1.54, 1.807) is 0 Å². The first-order valence-electron chi connectivity index (χ1n) is 5.71. The quantitative estimate of drug-likeness (QED) is 0.709. The Morgan fingerprint density at radius 1 is 1.60 bits per heavy atom. The van der Waals surface area contributed by atoms with Gasteiger partial charge in [0.25, 0.3) is 0 Å². The van der Waals surface area contributed by atoms with Crippen molar-refractivity contribution < 1.29 is 9.90 Å². The fourth-order valence-electron chi connectivity index (χ4n) is 2.19. The van der Waals surface area contributed by atoms with E-state index in [4.69, 9.17) is 5.11 Å². The van der Waals surface area contributed by atoms with Crippen molar-refractivity contribution in [2.75, 3.05) is 24.6 Å². The lowest BCUT2D eigenvalue weighted by atomic mass is 10.0. The average Bonchev–Trinajstić information content (AvgIpc) is 2.54. The van der Waals surface area contributed by atoms with Gasteiger partial charge < -0.3 is 5.11 Å². The van der Waals surface area contributed by atoms with Crippen LogP contribution in [0, 0.1) is 5.92 Å². The molecule has 0 aliphatic carbocycles. The minimum Gasteiger partial charge on any atom is -0.480 e. The van der Waals surface area contributed by atoms with Gasteiger partial charge in [0, 0.05) is 0 Å². The highest BCUT2D eigenvalue weighted by Crippen LogP contribution is 2.24. The van der Waals surface area contributed by atoms with Crippen molar-refractivity contribution in [3.05, 3.63) is 0 Å². The third-order valence-electron chi connectivity index (χ3n) is 3.00. The van der Waals surface area contributed by atoms with E-state index in [2.05, 4.69) is 11.8 Å². The highest BCUT2D eigenvalue weighted by Gasteiger charge is 2.35. The van der Waals surface area contributed by atoms with Crippen molar-refractivity contribution >= 4 is 17.7 Å². The van der Waals surface area contributed by atoms with Crippen LogP contribution < -0.4 is 0 Å². The molecule has 2 unspecified atom stereocenters. The Hall–Kier alpha value is -0.220. The molecule has 0 aromatic rings. The lowest BCUT2D eigenvalue weighted by Crippen LogP contribution is -2.39. The highest BCUT2D eigenvalue weighted by atomic mass is 32.2. The van der Waals surface area contributed by atoms with E-state index >= 15 is 0 Å². The van der Waals surface area contributed by atoms with Crippen molar-refractivity contribution in [2.45, 2.75) is 32.7 Å². The zero-order valence-corrected chi connectivity index (χ0v) is 10.4. The van der Waals surface area contributed by atoms with E-state index in [-0.39, 0.29) is 6.04 Å². The van der Waals surface area contributed by atoms with Crippen molar-refractivity contribution in [2.24, 2.45) is 5.92 Å². The third kappa shape index (κ3) is 3.68. The second-order valence-electron chi connectivity index (χ2n) is 4.14. The highest BCUT2D eigenvalue weighted by molar-refractivity contribution is 7.99. The van der Waals surface area contributed by atoms with Crippen molar-refractivity contribution in [3.8, 4) is 0 Å². The SMILES string of the molecule is CCSCCCN1CCC(C)C1C(=O)O. The van der Waals surface area contributed by atoms with Gasteiger partial charge in [-0.25, -0.2) is 0 Å². The summed E-state index contributed by atoms with van der Waals surface area (Å²) in [4.78, 5) is 13.2. The van der Waals surface area contributed by atoms with Crippen LogP contribution in [-0.4, -0.2) is 46.6 Å². The van der Waals surface area contributed by atoms with E-state index in [1.807, 2.05) is 18.7 Å². The molecule has 0 radical (unpaired) electrons. The molecular weight excluding hydrogens is 210 g/mol. The van der Waals surface area contributed by atoms with Crippen molar-refractivity contribution in [1.82, 2.24) is 4.90 Å². The van der Waals surface area contributed by atoms with E-state index < -0.39 is 5.97 Å². The summed E-state index contributed by atoms with van der Waals surface area (Å²) in [5.41, 5.74) is 0. The van der Waals surface area contributed by atoms with Crippen LogP contribution in [0.4, 0.5) is 0 Å². The lowest BCUT2D eigenvalue weighted by molar-refractivity contribution is -0.143. The van der Waals surface area contributed by atoms with E-state index in [0.29, 0.717) is 5.92 Å². The molecule has 15 heavy (non-hydrogen) atoms. The summed E-state index contributed by atoms with van der Waals surface area (Å²) in [5.74, 6) is 1.96. The Kier molecular flexibility index (Phi) is 5.47. The molecule has 0 saturated carbocycles. The number of hydrogen-bond acceptors (Lipinski definition) is 3. The first kappa shape index (κ1) is 12.8. The van der Waals surface area contributed by atoms with Gasteiger partial charge in [-0.15, -0.1) is 0 Å². The minimum atomic E-state index is -0.650. The molecule has 1 saturated heterocycles. The van der Waals surface area contributed by atoms with Crippen LogP contribution in [0.3, 0.4) is 0 Å². The van der Waals surface area contributed by atoms with Gasteiger partial charge in [0.1, 0.15) is 6.04 Å². The number of thioether (sulfide) groups is 1. The Balaban J connectivity index is 2.31. The van der Waals surface area contributed by atoms with Crippen LogP contribution in [0.25, 0.3) is 0 Å². The van der Waals surface area contributed by atoms with E-state index in [0.717, 1.165) is 37.4 Å². The van der Waals surface area contributed by atoms with Crippen molar-refractivity contribution in [1.29, 1.82) is 0 Å². The van der Waals surface area contributed by atoms with Gasteiger partial charge in [-0.3, -0.25) is 9.69 Å². The molecule has 1 aliphatic rings. The summed E-state index contributed by atoms with van der Waals surface area (Å²) in [6.07, 6.45) is 2.13. The van der Waals surface area contributed by atoms with Crippen molar-refractivity contribution in [3.63, 3.8) is 0 Å². The maximum Gasteiger partial charge on any atom is 0.321 e. The average molecular weight is 231 g/mol. The fourth-order valence-corrected chi connectivity index (χ4v) is 2.81. The number of carbonyl (C=O) groups is 1. The molecule has 1 rings (SSSR count). The summed E-state index contributed by atoms with van der Waals surface area (Å²) < 4.78 is 0. The molecule has 2 atom stereocenters. The normalized spacial score (nSPS) is 27.1. The zero-order valence-electron chi connectivity index (χ0n) is 9.61. The van der Waals surface area contributed by atoms with Crippen LogP contribution in [-0.2, 0) is 4.79 Å². The smallest absolute Gasteiger partial charge is 0.321 e. The first-order chi connectivity index (χ1) is 7.16. The van der Waals surface area contributed by atoms with Gasteiger partial charge in [-0.2, -0.15) is 11.8 Å². The largest absolute Gasteiger partial charge is 0.480 e. The van der Waals surface area contributed by atoms with Crippen LogP contribution in [0.15, 0.2) is 0 Å². The standard InChI is InChI=1S/C11H21NO2S/c1-3-15-8-4-6-12-7-5-9(2)10(12)11(13)14/h9-10H,3-8H2,1-2H3,(H,13,14). The van der Waals surface area contributed by atoms with Crippen LogP contribution in [0.2, 0.25) is 0 Å². The van der Waals surface area contributed by atoms with Gasteiger partial charge in [0.05, 0.1) is 0 Å². The summed E-state index contributed by atoms with van der Waals surface area (Å²) in [7, 11) is 0. The molecule has 1 heterocycles. The lowest BCUT2D eigenvalue weighted by Gasteiger charge is -2.22. The molecule has 1 aliphatic heterocycles. The number of hydrogen-bond donors (Lipinski definition) is 1. The number of rotatable bonds is 6. The zero-order chi connectivity index (χ0) is 11.3. The Labute approximate surface area is 96.2 Å². The molecule has 0 bridgehead atoms. The molecule has 4 heteroatoms. The van der Waals surface area contributed by atoms with Crippen LogP contribution in [0.5, 0.6) is 0 Å². The molecule has 1 N–H and O–H groups in total. The van der Waals surface area contributed by atoms with Crippen LogP contribution in [0.1, 0.15) is 26.7 Å². The Morgan fingerprint density at radius 3 is 2.93 bits per heavy atom. The molecule has 0 aromatic heterocycles. The van der Waals surface area contributed by atoms with Crippen LogP contribution >= 0.6 is 11.8 Å². The summed E-state index contributed by atoms with van der Waals surface area (Å²) in [5, 5.41) is 9.11. The number of nitrogens with zero attached hydrogens (tertiary/aromatic N) is 1.